The maximum absolute atomic E-state index is 12.0. The van der Waals surface area contributed by atoms with Crippen molar-refractivity contribution in [3.8, 4) is 0 Å². The molecule has 1 aromatic heterocycles. The number of nitrogens with zero attached hydrogens (tertiary/aromatic N) is 3. The van der Waals surface area contributed by atoms with E-state index in [9.17, 15) is 13.2 Å². The molecule has 2 rings (SSSR count). The third kappa shape index (κ3) is 3.34. The number of hydrogen-bond donors (Lipinski definition) is 0. The standard InChI is InChI=1S/C12H19N3O3S/c1-10(2)9-19(17,18)11-6-14(7-11)12(16)8-15-5-3-4-13-15/h3-5,10-11H,6-9H2,1-2H3. The molecule has 2 heterocycles. The van der Waals surface area contributed by atoms with Gasteiger partial charge in [-0.15, -0.1) is 0 Å². The maximum atomic E-state index is 12.0. The first-order valence-corrected chi connectivity index (χ1v) is 8.07. The van der Waals surface area contributed by atoms with Gasteiger partial charge in [-0.3, -0.25) is 9.48 Å². The Balaban J connectivity index is 1.84. The largest absolute Gasteiger partial charge is 0.338 e. The zero-order valence-electron chi connectivity index (χ0n) is 11.2. The van der Waals surface area contributed by atoms with Crippen LogP contribution in [0.1, 0.15) is 13.8 Å². The molecule has 1 aliphatic heterocycles. The molecule has 0 atom stereocenters. The Hall–Kier alpha value is -1.37. The molecular weight excluding hydrogens is 266 g/mol. The Kier molecular flexibility index (Phi) is 3.93. The molecule has 1 aliphatic rings. The number of rotatable bonds is 5. The summed E-state index contributed by atoms with van der Waals surface area (Å²) in [5.74, 6) is 0.234. The average molecular weight is 285 g/mol. The molecule has 106 valence electrons. The summed E-state index contributed by atoms with van der Waals surface area (Å²) in [6.07, 6.45) is 3.32. The van der Waals surface area contributed by atoms with Crippen LogP contribution in [0.25, 0.3) is 0 Å². The van der Waals surface area contributed by atoms with Gasteiger partial charge in [-0.25, -0.2) is 8.42 Å². The van der Waals surface area contributed by atoms with Crippen molar-refractivity contribution in [2.45, 2.75) is 25.6 Å². The predicted molar refractivity (Wildman–Crippen MR) is 71.2 cm³/mol. The van der Waals surface area contributed by atoms with Gasteiger partial charge in [0.1, 0.15) is 6.54 Å². The number of likely N-dealkylation sites (tertiary alicyclic amines) is 1. The number of sulfone groups is 1. The van der Waals surface area contributed by atoms with Crippen molar-refractivity contribution in [1.29, 1.82) is 0 Å². The third-order valence-corrected chi connectivity index (χ3v) is 5.58. The van der Waals surface area contributed by atoms with Gasteiger partial charge in [0.25, 0.3) is 0 Å². The highest BCUT2D eigenvalue weighted by molar-refractivity contribution is 7.92. The first kappa shape index (κ1) is 14.0. The van der Waals surface area contributed by atoms with Gasteiger partial charge >= 0.3 is 0 Å². The molecule has 0 unspecified atom stereocenters. The van der Waals surface area contributed by atoms with Crippen molar-refractivity contribution >= 4 is 15.7 Å². The lowest BCUT2D eigenvalue weighted by molar-refractivity contribution is -0.135. The Labute approximate surface area is 113 Å². The van der Waals surface area contributed by atoms with Crippen molar-refractivity contribution in [2.75, 3.05) is 18.8 Å². The predicted octanol–water partition coefficient (Wildman–Crippen LogP) is 0.165. The fourth-order valence-corrected chi connectivity index (χ4v) is 4.12. The Morgan fingerprint density at radius 1 is 1.42 bits per heavy atom. The van der Waals surface area contributed by atoms with Gasteiger partial charge in [-0.1, -0.05) is 13.8 Å². The van der Waals surface area contributed by atoms with E-state index in [1.165, 1.54) is 4.68 Å². The van der Waals surface area contributed by atoms with E-state index in [2.05, 4.69) is 5.10 Å². The Bertz CT molecular complexity index is 531. The van der Waals surface area contributed by atoms with Gasteiger partial charge in [0.15, 0.2) is 9.84 Å². The van der Waals surface area contributed by atoms with Gasteiger partial charge in [-0.05, 0) is 12.0 Å². The van der Waals surface area contributed by atoms with E-state index in [1.54, 1.807) is 23.4 Å². The average Bonchev–Trinajstić information content (AvgIpc) is 2.64. The third-order valence-electron chi connectivity index (χ3n) is 3.13. The number of carbonyl (C=O) groups excluding carboxylic acids is 1. The highest BCUT2D eigenvalue weighted by Crippen LogP contribution is 2.19. The summed E-state index contributed by atoms with van der Waals surface area (Å²) in [6, 6.07) is 1.75. The molecule has 0 saturated carbocycles. The van der Waals surface area contributed by atoms with Crippen LogP contribution in [0, 0.1) is 5.92 Å². The van der Waals surface area contributed by atoms with Gasteiger partial charge in [0.2, 0.25) is 5.91 Å². The summed E-state index contributed by atoms with van der Waals surface area (Å²) < 4.78 is 25.4. The van der Waals surface area contributed by atoms with Gasteiger partial charge in [0, 0.05) is 25.5 Å². The summed E-state index contributed by atoms with van der Waals surface area (Å²) in [6.45, 7) is 4.57. The zero-order valence-corrected chi connectivity index (χ0v) is 12.0. The molecule has 0 radical (unpaired) electrons. The SMILES string of the molecule is CC(C)CS(=O)(=O)C1CN(C(=O)Cn2cccn2)C1. The molecule has 6 nitrogen and oxygen atoms in total. The van der Waals surface area contributed by atoms with Crippen LogP contribution in [0.2, 0.25) is 0 Å². The second-order valence-corrected chi connectivity index (χ2v) is 7.67. The van der Waals surface area contributed by atoms with Crippen LogP contribution in [0.15, 0.2) is 18.5 Å². The fraction of sp³-hybridized carbons (Fsp3) is 0.667. The van der Waals surface area contributed by atoms with Crippen molar-refractivity contribution in [3.63, 3.8) is 0 Å². The van der Waals surface area contributed by atoms with E-state index in [4.69, 9.17) is 0 Å². The highest BCUT2D eigenvalue weighted by Gasteiger charge is 2.39. The van der Waals surface area contributed by atoms with E-state index in [-0.39, 0.29) is 24.1 Å². The van der Waals surface area contributed by atoms with Crippen LogP contribution >= 0.6 is 0 Å². The molecule has 0 bridgehead atoms. The summed E-state index contributed by atoms with van der Waals surface area (Å²) in [5, 5.41) is 3.56. The Morgan fingerprint density at radius 3 is 2.63 bits per heavy atom. The van der Waals surface area contributed by atoms with Crippen molar-refractivity contribution < 1.29 is 13.2 Å². The number of carbonyl (C=O) groups is 1. The van der Waals surface area contributed by atoms with Crippen molar-refractivity contribution in [2.24, 2.45) is 5.92 Å². The summed E-state index contributed by atoms with van der Waals surface area (Å²) >= 11 is 0. The lowest BCUT2D eigenvalue weighted by Crippen LogP contribution is -2.58. The lowest BCUT2D eigenvalue weighted by atomic mass is 10.2. The van der Waals surface area contributed by atoms with Crippen molar-refractivity contribution in [1.82, 2.24) is 14.7 Å². The number of hydrogen-bond acceptors (Lipinski definition) is 4. The molecule has 1 amide bonds. The van der Waals surface area contributed by atoms with Gasteiger partial charge in [-0.2, -0.15) is 5.10 Å². The van der Waals surface area contributed by atoms with Crippen LogP contribution < -0.4 is 0 Å². The molecule has 0 aromatic carbocycles. The molecular formula is C12H19N3O3S. The van der Waals surface area contributed by atoms with Crippen LogP contribution in [0.5, 0.6) is 0 Å². The van der Waals surface area contributed by atoms with Crippen LogP contribution in [-0.2, 0) is 21.2 Å². The van der Waals surface area contributed by atoms with E-state index in [0.29, 0.717) is 13.1 Å². The molecule has 0 spiro atoms. The molecule has 1 aromatic rings. The van der Waals surface area contributed by atoms with Gasteiger partial charge < -0.3 is 4.90 Å². The second-order valence-electron chi connectivity index (χ2n) is 5.35. The monoisotopic (exact) mass is 285 g/mol. The minimum atomic E-state index is -3.07. The lowest BCUT2D eigenvalue weighted by Gasteiger charge is -2.38. The topological polar surface area (TPSA) is 72.3 Å². The number of aromatic nitrogens is 2. The summed E-state index contributed by atoms with van der Waals surface area (Å²) in [5.41, 5.74) is 0. The Morgan fingerprint density at radius 2 is 2.11 bits per heavy atom. The first-order valence-electron chi connectivity index (χ1n) is 6.35. The molecule has 1 fully saturated rings. The zero-order chi connectivity index (χ0) is 14.0. The normalized spacial score (nSPS) is 16.7. The second kappa shape index (κ2) is 5.32. The highest BCUT2D eigenvalue weighted by atomic mass is 32.2. The maximum Gasteiger partial charge on any atom is 0.244 e. The molecule has 0 N–H and O–H groups in total. The van der Waals surface area contributed by atoms with E-state index in [1.807, 2.05) is 13.8 Å². The molecule has 0 aliphatic carbocycles. The van der Waals surface area contributed by atoms with Crippen LogP contribution in [0.3, 0.4) is 0 Å². The summed E-state index contributed by atoms with van der Waals surface area (Å²) in [4.78, 5) is 13.4. The summed E-state index contributed by atoms with van der Waals surface area (Å²) in [7, 11) is -3.07. The van der Waals surface area contributed by atoms with E-state index >= 15 is 0 Å². The molecule has 7 heteroatoms. The fourth-order valence-electron chi connectivity index (χ4n) is 2.10. The minimum absolute atomic E-state index is 0.0836. The van der Waals surface area contributed by atoms with Crippen LogP contribution in [-0.4, -0.2) is 53.1 Å². The first-order chi connectivity index (χ1) is 8.88. The van der Waals surface area contributed by atoms with Crippen LogP contribution in [0.4, 0.5) is 0 Å². The quantitative estimate of drug-likeness (QED) is 0.773. The minimum Gasteiger partial charge on any atom is -0.338 e. The molecule has 19 heavy (non-hydrogen) atoms. The van der Waals surface area contributed by atoms with Gasteiger partial charge in [0.05, 0.1) is 11.0 Å². The van der Waals surface area contributed by atoms with E-state index < -0.39 is 15.1 Å². The number of amides is 1. The van der Waals surface area contributed by atoms with Crippen molar-refractivity contribution in [3.05, 3.63) is 18.5 Å². The molecule has 1 saturated heterocycles. The van der Waals surface area contributed by atoms with E-state index in [0.717, 1.165) is 0 Å². The smallest absolute Gasteiger partial charge is 0.244 e.